The number of ether oxygens (including phenoxy) is 1. The van der Waals surface area contributed by atoms with Crippen LogP contribution in [0.4, 0.5) is 39.9 Å². The van der Waals surface area contributed by atoms with Gasteiger partial charge in [-0.05, 0) is 25.7 Å². The van der Waals surface area contributed by atoms with Crippen molar-refractivity contribution in [3.63, 3.8) is 0 Å². The van der Waals surface area contributed by atoms with E-state index in [2.05, 4.69) is 14.7 Å². The first kappa shape index (κ1) is 24.9. The molecule has 1 aromatic heterocycles. The van der Waals surface area contributed by atoms with Crippen LogP contribution in [-0.2, 0) is 15.5 Å². The maximum absolute atomic E-state index is 14.7. The van der Waals surface area contributed by atoms with E-state index in [1.165, 1.54) is 0 Å². The van der Waals surface area contributed by atoms with Gasteiger partial charge in [0.05, 0.1) is 6.20 Å². The van der Waals surface area contributed by atoms with Gasteiger partial charge in [-0.15, -0.1) is 0 Å². The molecule has 0 saturated carbocycles. The SMILES string of the molecule is O=C(OC(C(F)(F)F)C(F)(F)F)N1CCC2(CCCN2C(=O)C(F)(F)c2cnccn2)CC1. The smallest absolute Gasteiger partial charge is 0.426 e. The first-order valence-corrected chi connectivity index (χ1v) is 9.74. The van der Waals surface area contributed by atoms with Crippen LogP contribution in [0.25, 0.3) is 0 Å². The van der Waals surface area contributed by atoms with Crippen LogP contribution in [0.5, 0.6) is 0 Å². The largest absolute Gasteiger partial charge is 0.434 e. The molecule has 1 aromatic rings. The van der Waals surface area contributed by atoms with Gasteiger partial charge in [0.25, 0.3) is 12.0 Å². The zero-order valence-corrected chi connectivity index (χ0v) is 16.8. The fraction of sp³-hybridized carbons (Fsp3) is 0.667. The van der Waals surface area contributed by atoms with Gasteiger partial charge in [0.2, 0.25) is 0 Å². The number of rotatable bonds is 3. The van der Waals surface area contributed by atoms with Gasteiger partial charge in [-0.1, -0.05) is 0 Å². The Labute approximate surface area is 181 Å². The van der Waals surface area contributed by atoms with Gasteiger partial charge in [-0.2, -0.15) is 35.1 Å². The highest BCUT2D eigenvalue weighted by Crippen LogP contribution is 2.43. The summed E-state index contributed by atoms with van der Waals surface area (Å²) in [7, 11) is 0. The molecule has 0 bridgehead atoms. The number of nitrogens with zero attached hydrogens (tertiary/aromatic N) is 4. The van der Waals surface area contributed by atoms with Gasteiger partial charge in [0.15, 0.2) is 0 Å². The van der Waals surface area contributed by atoms with Gasteiger partial charge < -0.3 is 14.5 Å². The lowest BCUT2D eigenvalue weighted by Gasteiger charge is -2.45. The average molecular weight is 490 g/mol. The van der Waals surface area contributed by atoms with E-state index >= 15 is 0 Å². The molecule has 3 heterocycles. The second-order valence-corrected chi connectivity index (χ2v) is 7.78. The Balaban J connectivity index is 1.69. The molecule has 15 heteroatoms. The number of halogens is 8. The highest BCUT2D eigenvalue weighted by Gasteiger charge is 2.60. The number of carbonyl (C=O) groups is 2. The molecule has 0 unspecified atom stereocenters. The molecule has 2 amide bonds. The number of hydrogen-bond donors (Lipinski definition) is 0. The van der Waals surface area contributed by atoms with Gasteiger partial charge in [-0.3, -0.25) is 14.8 Å². The molecule has 0 radical (unpaired) electrons. The summed E-state index contributed by atoms with van der Waals surface area (Å²) in [6.07, 6.45) is -14.5. The van der Waals surface area contributed by atoms with E-state index in [1.807, 2.05) is 0 Å². The molecule has 0 atom stereocenters. The first-order valence-electron chi connectivity index (χ1n) is 9.74. The molecular weight excluding hydrogens is 472 g/mol. The number of amides is 2. The minimum atomic E-state index is -5.86. The molecule has 2 saturated heterocycles. The van der Waals surface area contributed by atoms with Crippen LogP contribution in [-0.4, -0.2) is 75.4 Å². The highest BCUT2D eigenvalue weighted by molar-refractivity contribution is 5.85. The molecule has 2 fully saturated rings. The predicted octanol–water partition coefficient (Wildman–Crippen LogP) is 3.66. The van der Waals surface area contributed by atoms with Crippen LogP contribution in [0.3, 0.4) is 0 Å². The van der Waals surface area contributed by atoms with Crippen molar-refractivity contribution in [1.29, 1.82) is 0 Å². The molecule has 7 nitrogen and oxygen atoms in total. The summed E-state index contributed by atoms with van der Waals surface area (Å²) < 4.78 is 109. The maximum Gasteiger partial charge on any atom is 0.434 e. The topological polar surface area (TPSA) is 75.6 Å². The summed E-state index contributed by atoms with van der Waals surface area (Å²) in [5, 5.41) is 0. The Hall–Kier alpha value is -2.74. The minimum absolute atomic E-state index is 0.0245. The third kappa shape index (κ3) is 4.95. The predicted molar refractivity (Wildman–Crippen MR) is 92.8 cm³/mol. The fourth-order valence-electron chi connectivity index (χ4n) is 4.12. The first-order chi connectivity index (χ1) is 15.2. The third-order valence-corrected chi connectivity index (χ3v) is 5.76. The Morgan fingerprint density at radius 1 is 0.939 bits per heavy atom. The van der Waals surface area contributed by atoms with E-state index in [4.69, 9.17) is 0 Å². The zero-order chi connectivity index (χ0) is 24.7. The zero-order valence-electron chi connectivity index (χ0n) is 16.8. The van der Waals surface area contributed by atoms with Crippen molar-refractivity contribution < 1.29 is 49.4 Å². The number of piperidine rings is 1. The molecule has 2 aliphatic rings. The van der Waals surface area contributed by atoms with E-state index in [0.29, 0.717) is 11.3 Å². The molecule has 184 valence electrons. The molecule has 3 rings (SSSR count). The lowest BCUT2D eigenvalue weighted by Crippen LogP contribution is -2.58. The van der Waals surface area contributed by atoms with Gasteiger partial charge >= 0.3 is 24.4 Å². The molecular formula is C18H18F8N4O3. The summed E-state index contributed by atoms with van der Waals surface area (Å²) in [6, 6.07) is 0. The lowest BCUT2D eigenvalue weighted by atomic mass is 9.84. The van der Waals surface area contributed by atoms with Crippen LogP contribution >= 0.6 is 0 Å². The molecule has 0 aliphatic carbocycles. The van der Waals surface area contributed by atoms with Crippen molar-refractivity contribution in [3.8, 4) is 0 Å². The number of hydrogen-bond acceptors (Lipinski definition) is 5. The van der Waals surface area contributed by atoms with E-state index in [0.717, 1.165) is 23.5 Å². The molecule has 0 aromatic carbocycles. The molecule has 2 aliphatic heterocycles. The van der Waals surface area contributed by atoms with Crippen molar-refractivity contribution in [3.05, 3.63) is 24.3 Å². The quantitative estimate of drug-likeness (QED) is 0.605. The van der Waals surface area contributed by atoms with E-state index in [1.54, 1.807) is 0 Å². The lowest BCUT2D eigenvalue weighted by molar-refractivity contribution is -0.308. The van der Waals surface area contributed by atoms with Crippen molar-refractivity contribution in [2.45, 2.75) is 55.6 Å². The van der Waals surface area contributed by atoms with Gasteiger partial charge in [-0.25, -0.2) is 4.79 Å². The maximum atomic E-state index is 14.7. The summed E-state index contributed by atoms with van der Waals surface area (Å²) >= 11 is 0. The molecule has 33 heavy (non-hydrogen) atoms. The second-order valence-electron chi connectivity index (χ2n) is 7.78. The summed E-state index contributed by atoms with van der Waals surface area (Å²) in [6.45, 7) is -0.771. The second kappa shape index (κ2) is 8.56. The van der Waals surface area contributed by atoms with Crippen molar-refractivity contribution in [1.82, 2.24) is 19.8 Å². The van der Waals surface area contributed by atoms with Gasteiger partial charge in [0, 0.05) is 37.6 Å². The van der Waals surface area contributed by atoms with Gasteiger partial charge in [0.1, 0.15) is 5.69 Å². The van der Waals surface area contributed by atoms with Crippen molar-refractivity contribution in [2.75, 3.05) is 19.6 Å². The van der Waals surface area contributed by atoms with Crippen molar-refractivity contribution in [2.24, 2.45) is 0 Å². The van der Waals surface area contributed by atoms with Crippen molar-refractivity contribution >= 4 is 12.0 Å². The molecule has 0 N–H and O–H groups in total. The Morgan fingerprint density at radius 3 is 2.06 bits per heavy atom. The monoisotopic (exact) mass is 490 g/mol. The Kier molecular flexibility index (Phi) is 6.45. The molecule has 1 spiro atoms. The van der Waals surface area contributed by atoms with E-state index in [9.17, 15) is 44.7 Å². The Morgan fingerprint density at radius 2 is 1.55 bits per heavy atom. The summed E-state index contributed by atoms with van der Waals surface area (Å²) in [5.41, 5.74) is -1.98. The normalized spacial score (nSPS) is 19.3. The number of likely N-dealkylation sites (tertiary alicyclic amines) is 2. The summed E-state index contributed by atoms with van der Waals surface area (Å²) in [4.78, 5) is 33.2. The summed E-state index contributed by atoms with van der Waals surface area (Å²) in [5.74, 6) is -5.53. The number of alkyl halides is 8. The minimum Gasteiger partial charge on any atom is -0.426 e. The third-order valence-electron chi connectivity index (χ3n) is 5.76. The van der Waals surface area contributed by atoms with Crippen LogP contribution in [0.1, 0.15) is 31.4 Å². The van der Waals surface area contributed by atoms with E-state index < -0.39 is 47.6 Å². The standard InChI is InChI=1S/C18H18F8N4O3/c19-16(20,11-10-27-5-6-28-11)13(31)30-7-1-2-15(30)3-8-29(9-4-15)14(32)33-12(17(21,22)23)18(24,25)26/h5-6,10,12H,1-4,7-9H2. The van der Waals surface area contributed by atoms with Crippen LogP contribution in [0, 0.1) is 0 Å². The van der Waals surface area contributed by atoms with Crippen LogP contribution in [0.15, 0.2) is 18.6 Å². The average Bonchev–Trinajstić information content (AvgIpc) is 3.13. The van der Waals surface area contributed by atoms with E-state index in [-0.39, 0.29) is 38.9 Å². The van der Waals surface area contributed by atoms with Crippen LogP contribution < -0.4 is 0 Å². The fourth-order valence-corrected chi connectivity index (χ4v) is 4.12. The number of carbonyl (C=O) groups excluding carboxylic acids is 2. The highest BCUT2D eigenvalue weighted by atomic mass is 19.4. The Bertz CT molecular complexity index is 856. The van der Waals surface area contributed by atoms with Crippen LogP contribution in [0.2, 0.25) is 0 Å². The number of aromatic nitrogens is 2.